The average molecular weight is 1950 g/mol. The molecule has 20 nitrogen and oxygen atoms in total. The molecule has 0 heterocycles. The van der Waals surface area contributed by atoms with Crippen molar-refractivity contribution in [3.8, 4) is 0 Å². The third-order valence-electron chi connectivity index (χ3n) is 20.1. The molecule has 0 aliphatic carbocycles. The molecule has 24 heteroatoms. The fraction of sp³-hybridized carbons (Fsp3) is 0.897. The quantitative estimate of drug-likeness (QED) is 0.0299. The van der Waals surface area contributed by atoms with Crippen molar-refractivity contribution in [2.24, 2.45) is 59.6 Å². The third kappa shape index (κ3) is 144. The molecule has 0 spiro atoms. The Kier molecular flexibility index (Phi) is 84.8. The summed E-state index contributed by atoms with van der Waals surface area (Å²) >= 11 is 0. The van der Waals surface area contributed by atoms with E-state index < -0.39 is 62.7 Å². The minimum absolute atomic E-state index is 0.0589. The van der Waals surface area contributed by atoms with Crippen LogP contribution in [0, 0.1) is 59.6 Å². The normalized spacial score (nSPS) is 13.0. The van der Waals surface area contributed by atoms with Crippen LogP contribution in [0.5, 0.6) is 0 Å². The second-order valence-electron chi connectivity index (χ2n) is 49.3. The van der Waals surface area contributed by atoms with E-state index in [-0.39, 0.29) is 45.8 Å². The lowest BCUT2D eigenvalue weighted by atomic mass is 9.82. The van der Waals surface area contributed by atoms with E-state index in [4.69, 9.17) is 30.3 Å². The zero-order valence-corrected chi connectivity index (χ0v) is 96.5. The second-order valence-corrected chi connectivity index (χ2v) is 58.8. The molecule has 0 radical (unpaired) electrons. The minimum atomic E-state index is -3.08. The van der Waals surface area contributed by atoms with Crippen molar-refractivity contribution in [3.63, 3.8) is 0 Å². The monoisotopic (exact) mass is 1950 g/mol. The number of unbranched alkanes of at least 4 members (excludes halogenated alkanes) is 7. The van der Waals surface area contributed by atoms with E-state index in [1.54, 1.807) is 58.9 Å². The lowest BCUT2D eigenvalue weighted by Gasteiger charge is -2.22. The summed E-state index contributed by atoms with van der Waals surface area (Å²) in [4.78, 5) is 53.2. The van der Waals surface area contributed by atoms with Gasteiger partial charge >= 0.3 is 29.8 Å². The highest BCUT2D eigenvalue weighted by Crippen LogP contribution is 2.31. The highest BCUT2D eigenvalue weighted by molar-refractivity contribution is 7.92. The Labute approximate surface area is 812 Å². The van der Waals surface area contributed by atoms with Crippen molar-refractivity contribution in [2.75, 3.05) is 43.5 Å². The van der Waals surface area contributed by atoms with Gasteiger partial charge < -0.3 is 35.0 Å². The molecule has 0 amide bonds. The SMILES string of the molecule is CC(C)(C)CCCC(C)(C)C(=O)O.CC(C)(C)CCCCC(=O)O.CC(C)(C)CCCCCC(=O)O.CC(C)(C)CCCCS(C)(=O)=O.CC(C)(C)CCCS(=O)(=O)c1ccccc1.CC(C)S(=O)(=O)CCCCC(C)(C)C.CC(O)CCC(C)(C)C.CC(O)CCCC(C)(C)C.CCCC(C)S(C)(=O)=O.CCOC(=O)CCCCC(C)(C)C.COC(=O)CCCCC(C)(C)C. The Balaban J connectivity index is -0.000000154. The first-order valence-corrected chi connectivity index (χ1v) is 56.9. The Bertz CT molecular complexity index is 3420. The van der Waals surface area contributed by atoms with Crippen LogP contribution in [0.3, 0.4) is 0 Å². The molecule has 1 aromatic carbocycles. The Morgan fingerprint density at radius 3 is 0.908 bits per heavy atom. The Hall–Kier alpha value is -3.71. The van der Waals surface area contributed by atoms with E-state index in [1.807, 2.05) is 33.8 Å². The van der Waals surface area contributed by atoms with Crippen LogP contribution < -0.4 is 0 Å². The number of benzene rings is 1. The van der Waals surface area contributed by atoms with Gasteiger partial charge in [0.05, 0.1) is 58.2 Å². The van der Waals surface area contributed by atoms with Gasteiger partial charge in [-0.15, -0.1) is 0 Å². The molecule has 0 aliphatic rings. The van der Waals surface area contributed by atoms with Crippen molar-refractivity contribution in [1.29, 1.82) is 0 Å². The summed E-state index contributed by atoms with van der Waals surface area (Å²) in [5.41, 5.74) is 2.91. The van der Waals surface area contributed by atoms with Gasteiger partial charge in [-0.25, -0.2) is 33.7 Å². The number of methoxy groups -OCH3 is 1. The largest absolute Gasteiger partial charge is 0.481 e. The lowest BCUT2D eigenvalue weighted by molar-refractivity contribution is -0.147. The third-order valence-corrected chi connectivity index (χ3v) is 26.9. The average Bonchev–Trinajstić information content (AvgIpc) is 0.850. The molecule has 131 heavy (non-hydrogen) atoms. The summed E-state index contributed by atoms with van der Waals surface area (Å²) in [5.74, 6) is -1.27. The lowest BCUT2D eigenvalue weighted by Crippen LogP contribution is -2.23. The molecule has 1 rings (SSSR count). The van der Waals surface area contributed by atoms with E-state index in [9.17, 15) is 57.6 Å². The summed E-state index contributed by atoms with van der Waals surface area (Å²) in [5, 5.41) is 43.1. The number of aliphatic carboxylic acids is 3. The predicted molar refractivity (Wildman–Crippen MR) is 562 cm³/mol. The number of carboxylic acid groups (broad SMARTS) is 3. The molecule has 0 aromatic heterocycles. The Morgan fingerprint density at radius 1 is 0.336 bits per heavy atom. The molecule has 5 N–H and O–H groups in total. The number of hydrogen-bond donors (Lipinski definition) is 5. The molecular formula is C107H218O20S4. The molecule has 0 saturated heterocycles. The maximum absolute atomic E-state index is 11.9. The summed E-state index contributed by atoms with van der Waals surface area (Å²) in [6.07, 6.45) is 35.1. The molecule has 3 atom stereocenters. The molecule has 0 bridgehead atoms. The van der Waals surface area contributed by atoms with Gasteiger partial charge in [0.1, 0.15) is 19.7 Å². The van der Waals surface area contributed by atoms with Crippen LogP contribution in [0.15, 0.2) is 35.2 Å². The Morgan fingerprint density at radius 2 is 0.634 bits per heavy atom. The number of rotatable bonds is 43. The molecule has 790 valence electrons. The van der Waals surface area contributed by atoms with Gasteiger partial charge in [-0.3, -0.25) is 24.0 Å². The smallest absolute Gasteiger partial charge is 0.309 e. The predicted octanol–water partition coefficient (Wildman–Crippen LogP) is 29.5. The van der Waals surface area contributed by atoms with Crippen molar-refractivity contribution in [2.45, 2.75) is 522 Å². The summed E-state index contributed by atoms with van der Waals surface area (Å²) in [6, 6.07) is 8.67. The molecular weight excluding hydrogens is 1730 g/mol. The van der Waals surface area contributed by atoms with Crippen molar-refractivity contribution >= 4 is 69.2 Å². The van der Waals surface area contributed by atoms with Gasteiger partial charge in [-0.2, -0.15) is 0 Å². The summed E-state index contributed by atoms with van der Waals surface area (Å²) < 4.78 is 99.1. The first-order valence-electron chi connectivity index (χ1n) is 49.5. The first-order chi connectivity index (χ1) is 58.4. The van der Waals surface area contributed by atoms with Crippen LogP contribution in [0.4, 0.5) is 0 Å². The highest BCUT2D eigenvalue weighted by Gasteiger charge is 2.28. The molecule has 3 unspecified atom stereocenters. The number of aliphatic hydroxyl groups excluding tert-OH is 2. The molecule has 0 aliphatic heterocycles. The number of esters is 2. The molecule has 1 aromatic rings. The fourth-order valence-corrected chi connectivity index (χ4v) is 15.1. The number of hydrogen-bond acceptors (Lipinski definition) is 17. The number of carbonyl (C=O) groups excluding carboxylic acids is 2. The van der Waals surface area contributed by atoms with Crippen molar-refractivity contribution in [1.82, 2.24) is 0 Å². The van der Waals surface area contributed by atoms with Crippen LogP contribution in [0.2, 0.25) is 0 Å². The maximum Gasteiger partial charge on any atom is 0.309 e. The summed E-state index contributed by atoms with van der Waals surface area (Å²) in [7, 11) is -9.97. The van der Waals surface area contributed by atoms with E-state index in [2.05, 4.69) is 212 Å². The fourth-order valence-electron chi connectivity index (χ4n) is 11.3. The highest BCUT2D eigenvalue weighted by atomic mass is 32.2. The molecule has 0 saturated carbocycles. The van der Waals surface area contributed by atoms with Crippen LogP contribution in [-0.4, -0.2) is 155 Å². The van der Waals surface area contributed by atoms with Crippen LogP contribution in [0.1, 0.15) is 495 Å². The maximum atomic E-state index is 11.9. The van der Waals surface area contributed by atoms with Gasteiger partial charge in [-0.05, 0) is 257 Å². The van der Waals surface area contributed by atoms with Crippen LogP contribution in [-0.2, 0) is 72.8 Å². The van der Waals surface area contributed by atoms with Crippen molar-refractivity contribution < 1.29 is 92.7 Å². The number of sulfone groups is 4. The topological polar surface area (TPSA) is 342 Å². The van der Waals surface area contributed by atoms with Gasteiger partial charge in [0, 0.05) is 43.9 Å². The number of carboxylic acids is 3. The van der Waals surface area contributed by atoms with E-state index in [0.29, 0.717) is 97.4 Å². The second kappa shape index (κ2) is 75.3. The van der Waals surface area contributed by atoms with Crippen LogP contribution >= 0.6 is 0 Å². The van der Waals surface area contributed by atoms with E-state index in [1.165, 1.54) is 45.3 Å². The molecule has 0 fully saturated rings. The van der Waals surface area contributed by atoms with Gasteiger partial charge in [0.15, 0.2) is 19.7 Å². The van der Waals surface area contributed by atoms with Crippen molar-refractivity contribution in [3.05, 3.63) is 30.3 Å². The zero-order chi connectivity index (χ0) is 106. The minimum Gasteiger partial charge on any atom is -0.481 e. The number of carbonyl (C=O) groups is 5. The van der Waals surface area contributed by atoms with Gasteiger partial charge in [0.25, 0.3) is 0 Å². The zero-order valence-electron chi connectivity index (χ0n) is 93.3. The van der Waals surface area contributed by atoms with Gasteiger partial charge in [-0.1, -0.05) is 297 Å². The number of ether oxygens (including phenoxy) is 2. The van der Waals surface area contributed by atoms with Crippen LogP contribution in [0.25, 0.3) is 0 Å². The van der Waals surface area contributed by atoms with E-state index >= 15 is 0 Å². The van der Waals surface area contributed by atoms with Gasteiger partial charge in [0.2, 0.25) is 0 Å². The van der Waals surface area contributed by atoms with E-state index in [0.717, 1.165) is 173 Å². The first kappa shape index (κ1) is 148. The summed E-state index contributed by atoms with van der Waals surface area (Å²) in [6.45, 7) is 82.6. The number of aliphatic hydroxyl groups is 2. The standard InChI is InChI=1S/C13H20O2S.C11H24O2S.2C11H22O2.2C10H20O2.C9H20O2S.C9H18O2.C9H20O.C8H18O.C6H14O2S/c1-13(2,3)10-7-11-16(14,15)12-8-5-4-6-9-12;1-10(2)14(12,13)9-7-6-8-11(3,4)5;1-10(2,3)7-6-8-11(4,5)9(12)13;1-5-13-10(12)8-6-7-9-11(2,3)4;1-10(2,3)8-6-5-7-9(11)12-4;1-10(2,3)8-6-4-5-7-9(11)12;1-9(2,3)7-5-6-8-12(4,10)11;1-9(2,3)7-5-4-6-8(10)11;1-8(10)6-5-7-9(2,3)4;1-7(9)5-6-8(2,3)4;1-4-5-6(2)9(3,7)8/h4-6,8-9H,7,10-11H2,1-3H3;10H,6-9H2,1-5H3;6-8H2,1-5H3,(H,12,13);5-9H2,1-4H3;5-8H2,1-4H3;4-8H2,1-3H3,(H,11,12);5-8H2,1-4H3;4-7H2,1-3H3,(H,10,11);8,10H,5-7H2,1-4H3;7,9H,5-6H2,1-4H3;6H,4-5H2,1-3H3.